The van der Waals surface area contributed by atoms with Gasteiger partial charge >= 0.3 is 0 Å². The van der Waals surface area contributed by atoms with Crippen LogP contribution in [0.5, 0.6) is 17.2 Å². The molecule has 0 unspecified atom stereocenters. The van der Waals surface area contributed by atoms with E-state index in [1.165, 1.54) is 6.07 Å². The SMILES string of the molecule is CC(C)N(C)CCCCNCc1ccc(O)c(O)c1O. The summed E-state index contributed by atoms with van der Waals surface area (Å²) in [6, 6.07) is 3.55. The average molecular weight is 282 g/mol. The van der Waals surface area contributed by atoms with Crippen LogP contribution in [0.15, 0.2) is 12.1 Å². The minimum Gasteiger partial charge on any atom is -0.504 e. The van der Waals surface area contributed by atoms with Crippen molar-refractivity contribution in [2.75, 3.05) is 20.1 Å². The summed E-state index contributed by atoms with van der Waals surface area (Å²) in [4.78, 5) is 2.31. The van der Waals surface area contributed by atoms with E-state index in [4.69, 9.17) is 0 Å². The summed E-state index contributed by atoms with van der Waals surface area (Å²) in [6.45, 7) is 6.76. The van der Waals surface area contributed by atoms with Gasteiger partial charge in [0.15, 0.2) is 11.5 Å². The fourth-order valence-corrected chi connectivity index (χ4v) is 1.85. The fourth-order valence-electron chi connectivity index (χ4n) is 1.85. The average Bonchev–Trinajstić information content (AvgIpc) is 2.41. The van der Waals surface area contributed by atoms with Crippen LogP contribution >= 0.6 is 0 Å². The zero-order chi connectivity index (χ0) is 15.1. The Kier molecular flexibility index (Phi) is 6.61. The van der Waals surface area contributed by atoms with Crippen LogP contribution in [0.4, 0.5) is 0 Å². The van der Waals surface area contributed by atoms with Crippen molar-refractivity contribution in [1.82, 2.24) is 10.2 Å². The lowest BCUT2D eigenvalue weighted by Gasteiger charge is -2.20. The molecule has 0 amide bonds. The van der Waals surface area contributed by atoms with Crippen LogP contribution in [0.3, 0.4) is 0 Å². The van der Waals surface area contributed by atoms with Gasteiger partial charge in [-0.2, -0.15) is 0 Å². The van der Waals surface area contributed by atoms with Crippen LogP contribution in [0.25, 0.3) is 0 Å². The van der Waals surface area contributed by atoms with Crippen molar-refractivity contribution in [3.05, 3.63) is 17.7 Å². The Morgan fingerprint density at radius 3 is 2.45 bits per heavy atom. The number of unbranched alkanes of at least 4 members (excludes halogenated alkanes) is 1. The molecule has 5 heteroatoms. The van der Waals surface area contributed by atoms with E-state index in [2.05, 4.69) is 31.1 Å². The molecule has 0 fully saturated rings. The highest BCUT2D eigenvalue weighted by molar-refractivity contribution is 5.52. The first-order valence-corrected chi connectivity index (χ1v) is 7.07. The topological polar surface area (TPSA) is 76.0 Å². The molecule has 0 aliphatic rings. The summed E-state index contributed by atoms with van der Waals surface area (Å²) in [6.07, 6.45) is 2.18. The summed E-state index contributed by atoms with van der Waals surface area (Å²) in [5, 5.41) is 31.5. The molecule has 0 heterocycles. The summed E-state index contributed by atoms with van der Waals surface area (Å²) in [7, 11) is 2.12. The normalized spacial score (nSPS) is 11.4. The molecule has 0 aromatic heterocycles. The number of aromatic hydroxyl groups is 3. The number of rotatable bonds is 8. The van der Waals surface area contributed by atoms with E-state index in [1.54, 1.807) is 6.07 Å². The minimum absolute atomic E-state index is 0.253. The number of nitrogens with one attached hydrogen (secondary N) is 1. The Bertz CT molecular complexity index is 422. The minimum atomic E-state index is -0.456. The maximum Gasteiger partial charge on any atom is 0.200 e. The third-order valence-electron chi connectivity index (χ3n) is 3.52. The van der Waals surface area contributed by atoms with E-state index in [0.717, 1.165) is 25.9 Å². The fraction of sp³-hybridized carbons (Fsp3) is 0.600. The highest BCUT2D eigenvalue weighted by Gasteiger charge is 2.10. The number of nitrogens with zero attached hydrogens (tertiary/aromatic N) is 1. The second-order valence-electron chi connectivity index (χ2n) is 5.40. The Labute approximate surface area is 120 Å². The number of hydrogen-bond acceptors (Lipinski definition) is 5. The Balaban J connectivity index is 2.24. The zero-order valence-corrected chi connectivity index (χ0v) is 12.6. The number of phenols is 3. The lowest BCUT2D eigenvalue weighted by molar-refractivity contribution is 0.268. The van der Waals surface area contributed by atoms with Gasteiger partial charge in [0, 0.05) is 18.2 Å². The van der Waals surface area contributed by atoms with Gasteiger partial charge in [0.1, 0.15) is 0 Å². The standard InChI is InChI=1S/C15H26N2O3/c1-11(2)17(3)9-5-4-8-16-10-12-6-7-13(18)15(20)14(12)19/h6-7,11,16,18-20H,4-5,8-10H2,1-3H3. The van der Waals surface area contributed by atoms with Gasteiger partial charge in [0.25, 0.3) is 0 Å². The summed E-state index contributed by atoms with van der Waals surface area (Å²) < 4.78 is 0. The van der Waals surface area contributed by atoms with Crippen LogP contribution in [-0.4, -0.2) is 46.4 Å². The van der Waals surface area contributed by atoms with E-state index in [-0.39, 0.29) is 11.5 Å². The Morgan fingerprint density at radius 2 is 1.80 bits per heavy atom. The Morgan fingerprint density at radius 1 is 1.10 bits per heavy atom. The molecular formula is C15H26N2O3. The van der Waals surface area contributed by atoms with Gasteiger partial charge in [-0.15, -0.1) is 0 Å². The summed E-state index contributed by atoms with van der Waals surface area (Å²) >= 11 is 0. The first-order valence-electron chi connectivity index (χ1n) is 7.07. The molecule has 0 saturated carbocycles. The Hall–Kier alpha value is -1.46. The van der Waals surface area contributed by atoms with Gasteiger partial charge in [-0.3, -0.25) is 0 Å². The van der Waals surface area contributed by atoms with Gasteiger partial charge in [-0.1, -0.05) is 6.07 Å². The van der Waals surface area contributed by atoms with Crippen molar-refractivity contribution in [3.8, 4) is 17.2 Å². The quantitative estimate of drug-likeness (QED) is 0.433. The van der Waals surface area contributed by atoms with Gasteiger partial charge < -0.3 is 25.5 Å². The van der Waals surface area contributed by atoms with E-state index in [9.17, 15) is 15.3 Å². The van der Waals surface area contributed by atoms with E-state index >= 15 is 0 Å². The van der Waals surface area contributed by atoms with Gasteiger partial charge in [0.2, 0.25) is 5.75 Å². The van der Waals surface area contributed by atoms with Gasteiger partial charge in [-0.05, 0) is 52.9 Å². The third kappa shape index (κ3) is 4.90. The van der Waals surface area contributed by atoms with Crippen molar-refractivity contribution in [1.29, 1.82) is 0 Å². The molecule has 1 aromatic rings. The summed E-state index contributed by atoms with van der Waals surface area (Å²) in [5.41, 5.74) is 0.583. The van der Waals surface area contributed by atoms with E-state index < -0.39 is 5.75 Å². The van der Waals surface area contributed by atoms with Crippen LogP contribution in [0.2, 0.25) is 0 Å². The lowest BCUT2D eigenvalue weighted by Crippen LogP contribution is -2.27. The predicted molar refractivity (Wildman–Crippen MR) is 80.1 cm³/mol. The number of benzene rings is 1. The van der Waals surface area contributed by atoms with Crippen LogP contribution < -0.4 is 5.32 Å². The van der Waals surface area contributed by atoms with E-state index in [0.29, 0.717) is 18.2 Å². The van der Waals surface area contributed by atoms with Crippen molar-refractivity contribution >= 4 is 0 Å². The van der Waals surface area contributed by atoms with Gasteiger partial charge in [0.05, 0.1) is 0 Å². The molecule has 1 aromatic carbocycles. The molecule has 0 saturated heterocycles. The van der Waals surface area contributed by atoms with Crippen molar-refractivity contribution in [2.45, 2.75) is 39.3 Å². The van der Waals surface area contributed by atoms with Crippen molar-refractivity contribution in [2.24, 2.45) is 0 Å². The largest absolute Gasteiger partial charge is 0.504 e. The maximum absolute atomic E-state index is 9.66. The highest BCUT2D eigenvalue weighted by atomic mass is 16.3. The van der Waals surface area contributed by atoms with E-state index in [1.807, 2.05) is 0 Å². The van der Waals surface area contributed by atoms with Crippen LogP contribution in [0.1, 0.15) is 32.3 Å². The molecule has 20 heavy (non-hydrogen) atoms. The number of phenolic OH excluding ortho intramolecular Hbond substituents is 3. The molecule has 1 rings (SSSR count). The van der Waals surface area contributed by atoms with Crippen LogP contribution in [0, 0.1) is 0 Å². The molecular weight excluding hydrogens is 256 g/mol. The number of hydrogen-bond donors (Lipinski definition) is 4. The molecule has 0 bridgehead atoms. The molecule has 114 valence electrons. The van der Waals surface area contributed by atoms with Crippen molar-refractivity contribution < 1.29 is 15.3 Å². The molecule has 5 nitrogen and oxygen atoms in total. The first kappa shape index (κ1) is 16.6. The lowest BCUT2D eigenvalue weighted by atomic mass is 10.1. The molecule has 0 aliphatic heterocycles. The second-order valence-corrected chi connectivity index (χ2v) is 5.40. The zero-order valence-electron chi connectivity index (χ0n) is 12.6. The predicted octanol–water partition coefficient (Wildman–Crippen LogP) is 2.01. The van der Waals surface area contributed by atoms with Crippen molar-refractivity contribution in [3.63, 3.8) is 0 Å². The monoisotopic (exact) mass is 282 g/mol. The van der Waals surface area contributed by atoms with Gasteiger partial charge in [-0.25, -0.2) is 0 Å². The molecule has 0 spiro atoms. The first-order chi connectivity index (χ1) is 9.43. The third-order valence-corrected chi connectivity index (χ3v) is 3.52. The molecule has 0 atom stereocenters. The molecule has 0 radical (unpaired) electrons. The highest BCUT2D eigenvalue weighted by Crippen LogP contribution is 2.36. The smallest absolute Gasteiger partial charge is 0.200 e. The molecule has 0 aliphatic carbocycles. The van der Waals surface area contributed by atoms with Crippen LogP contribution in [-0.2, 0) is 6.54 Å². The second kappa shape index (κ2) is 7.97. The summed E-state index contributed by atoms with van der Waals surface area (Å²) in [5.74, 6) is -1.01. The maximum atomic E-state index is 9.66. The molecule has 4 N–H and O–H groups in total.